The molecule has 0 saturated heterocycles. The average Bonchev–Trinajstić information content (AvgIpc) is 2.37. The number of ether oxygens (including phenoxy) is 1. The van der Waals surface area contributed by atoms with Gasteiger partial charge in [0, 0.05) is 11.6 Å². The van der Waals surface area contributed by atoms with Gasteiger partial charge in [-0.3, -0.25) is 4.98 Å². The highest BCUT2D eigenvalue weighted by Gasteiger charge is 2.10. The molecule has 0 unspecified atom stereocenters. The number of hydrogen-bond acceptors (Lipinski definition) is 3. The van der Waals surface area contributed by atoms with Crippen LogP contribution in [0.5, 0.6) is 0 Å². The third-order valence-electron chi connectivity index (χ3n) is 2.55. The Morgan fingerprint density at radius 2 is 2.16 bits per heavy atom. The van der Waals surface area contributed by atoms with Crippen LogP contribution in [0.1, 0.15) is 15.9 Å². The van der Waals surface area contributed by atoms with Crippen molar-refractivity contribution in [3.05, 3.63) is 41.6 Å². The van der Waals surface area contributed by atoms with Gasteiger partial charge in [0.1, 0.15) is 6.61 Å². The Morgan fingerprint density at radius 1 is 1.37 bits per heavy atom. The third kappa shape index (κ3) is 3.23. The lowest BCUT2D eigenvalue weighted by atomic mass is 10.1. The fraction of sp³-hybridized carbons (Fsp3) is 0.231. The molecule has 0 fully saturated rings. The number of pyridine rings is 1. The summed E-state index contributed by atoms with van der Waals surface area (Å²) in [6, 6.07) is 6.31. The van der Waals surface area contributed by atoms with Gasteiger partial charge < -0.3 is 9.84 Å². The lowest BCUT2D eigenvalue weighted by Gasteiger charge is -2.06. The van der Waals surface area contributed by atoms with Crippen molar-refractivity contribution in [1.82, 2.24) is 4.98 Å². The number of carboxylic acids is 1. The summed E-state index contributed by atoms with van der Waals surface area (Å²) in [7, 11) is 0. The predicted molar refractivity (Wildman–Crippen MR) is 64.4 cm³/mol. The van der Waals surface area contributed by atoms with Crippen LogP contribution in [0.15, 0.2) is 30.5 Å². The molecule has 0 amide bonds. The van der Waals surface area contributed by atoms with Crippen molar-refractivity contribution in [3.63, 3.8) is 0 Å². The van der Waals surface area contributed by atoms with Crippen molar-refractivity contribution in [1.29, 1.82) is 0 Å². The number of halogens is 2. The van der Waals surface area contributed by atoms with Crippen molar-refractivity contribution in [2.45, 2.75) is 13.0 Å². The Balaban J connectivity index is 2.28. The van der Waals surface area contributed by atoms with E-state index in [0.717, 1.165) is 0 Å². The van der Waals surface area contributed by atoms with Gasteiger partial charge in [0.2, 0.25) is 0 Å². The number of rotatable bonds is 5. The van der Waals surface area contributed by atoms with E-state index in [0.29, 0.717) is 16.5 Å². The number of fused-ring (bicyclic) bond motifs is 1. The molecule has 0 aliphatic heterocycles. The van der Waals surface area contributed by atoms with Crippen molar-refractivity contribution in [2.75, 3.05) is 6.61 Å². The smallest absolute Gasteiger partial charge is 0.336 e. The molecule has 0 radical (unpaired) electrons. The van der Waals surface area contributed by atoms with E-state index in [2.05, 4.69) is 4.98 Å². The number of hydrogen-bond donors (Lipinski definition) is 1. The maximum Gasteiger partial charge on any atom is 0.336 e. The molecule has 0 aliphatic carbocycles. The Morgan fingerprint density at radius 3 is 2.84 bits per heavy atom. The van der Waals surface area contributed by atoms with E-state index in [-0.39, 0.29) is 12.2 Å². The normalized spacial score (nSPS) is 11.1. The summed E-state index contributed by atoms with van der Waals surface area (Å²) in [5.41, 5.74) is 1.29. The molecule has 100 valence electrons. The van der Waals surface area contributed by atoms with Gasteiger partial charge in [0.15, 0.2) is 0 Å². The van der Waals surface area contributed by atoms with Crippen LogP contribution in [0.3, 0.4) is 0 Å². The van der Waals surface area contributed by atoms with E-state index < -0.39 is 19.0 Å². The monoisotopic (exact) mass is 267 g/mol. The molecule has 2 aromatic rings. The van der Waals surface area contributed by atoms with Crippen LogP contribution in [0.2, 0.25) is 0 Å². The van der Waals surface area contributed by atoms with Crippen LogP contribution in [-0.2, 0) is 11.3 Å². The second-order valence-electron chi connectivity index (χ2n) is 3.92. The highest BCUT2D eigenvalue weighted by Crippen LogP contribution is 2.19. The van der Waals surface area contributed by atoms with Crippen molar-refractivity contribution in [3.8, 4) is 0 Å². The molecule has 1 heterocycles. The minimum absolute atomic E-state index is 0.00817. The molecule has 0 saturated carbocycles. The van der Waals surface area contributed by atoms with Crippen molar-refractivity contribution >= 4 is 16.9 Å². The van der Waals surface area contributed by atoms with Crippen LogP contribution in [0, 0.1) is 0 Å². The lowest BCUT2D eigenvalue weighted by Crippen LogP contribution is -2.04. The fourth-order valence-electron chi connectivity index (χ4n) is 1.74. The first-order valence-electron chi connectivity index (χ1n) is 5.55. The van der Waals surface area contributed by atoms with Crippen LogP contribution in [-0.4, -0.2) is 29.1 Å². The first-order chi connectivity index (χ1) is 9.08. The van der Waals surface area contributed by atoms with Crippen molar-refractivity contribution in [2.24, 2.45) is 0 Å². The molecular formula is C13H11F2NO3. The van der Waals surface area contributed by atoms with Crippen molar-refractivity contribution < 1.29 is 23.4 Å². The maximum absolute atomic E-state index is 11.9. The standard InChI is InChI=1S/C13H11F2NO3/c14-12(15)7-19-6-8-1-2-11-10(5-8)9(13(17)18)3-4-16-11/h1-5,12H,6-7H2,(H,17,18). The SMILES string of the molecule is O=C(O)c1ccnc2ccc(COCC(F)F)cc12. The van der Waals surface area contributed by atoms with E-state index >= 15 is 0 Å². The highest BCUT2D eigenvalue weighted by molar-refractivity contribution is 6.02. The van der Waals surface area contributed by atoms with Gasteiger partial charge in [-0.2, -0.15) is 0 Å². The molecule has 2 rings (SSSR count). The summed E-state index contributed by atoms with van der Waals surface area (Å²) in [5.74, 6) is -1.06. The summed E-state index contributed by atoms with van der Waals surface area (Å²) in [6.45, 7) is -0.634. The Bertz CT molecular complexity index is 601. The van der Waals surface area contributed by atoms with Gasteiger partial charge in [0.25, 0.3) is 6.43 Å². The minimum Gasteiger partial charge on any atom is -0.478 e. The fourth-order valence-corrected chi connectivity index (χ4v) is 1.74. The first-order valence-corrected chi connectivity index (χ1v) is 5.55. The van der Waals surface area contributed by atoms with E-state index in [9.17, 15) is 13.6 Å². The van der Waals surface area contributed by atoms with E-state index in [4.69, 9.17) is 9.84 Å². The zero-order valence-corrected chi connectivity index (χ0v) is 9.85. The first kappa shape index (κ1) is 13.4. The van der Waals surface area contributed by atoms with Gasteiger partial charge in [0.05, 0.1) is 17.7 Å². The molecule has 6 heteroatoms. The van der Waals surface area contributed by atoms with Gasteiger partial charge in [-0.1, -0.05) is 6.07 Å². The molecule has 0 bridgehead atoms. The number of alkyl halides is 2. The maximum atomic E-state index is 11.9. The molecular weight excluding hydrogens is 256 g/mol. The molecule has 4 nitrogen and oxygen atoms in total. The van der Waals surface area contributed by atoms with Gasteiger partial charge in [-0.05, 0) is 23.8 Å². The lowest BCUT2D eigenvalue weighted by molar-refractivity contribution is 0.00991. The average molecular weight is 267 g/mol. The molecule has 0 spiro atoms. The molecule has 0 atom stereocenters. The second kappa shape index (κ2) is 5.71. The molecule has 1 aromatic heterocycles. The Labute approximate surface area is 107 Å². The van der Waals surface area contributed by atoms with E-state index in [1.807, 2.05) is 0 Å². The molecule has 1 N–H and O–H groups in total. The zero-order chi connectivity index (χ0) is 13.8. The van der Waals surface area contributed by atoms with Crippen LogP contribution >= 0.6 is 0 Å². The van der Waals surface area contributed by atoms with Crippen LogP contribution < -0.4 is 0 Å². The van der Waals surface area contributed by atoms with E-state index in [1.165, 1.54) is 12.3 Å². The Hall–Kier alpha value is -2.08. The predicted octanol–water partition coefficient (Wildman–Crippen LogP) is 2.71. The molecule has 1 aromatic carbocycles. The van der Waals surface area contributed by atoms with Crippen LogP contribution in [0.4, 0.5) is 8.78 Å². The zero-order valence-electron chi connectivity index (χ0n) is 9.85. The summed E-state index contributed by atoms with van der Waals surface area (Å²) in [6.07, 6.45) is -1.10. The highest BCUT2D eigenvalue weighted by atomic mass is 19.3. The number of nitrogens with zero attached hydrogens (tertiary/aromatic N) is 1. The number of aromatic nitrogens is 1. The number of aromatic carboxylic acids is 1. The summed E-state index contributed by atoms with van der Waals surface area (Å²) in [4.78, 5) is 15.1. The number of benzene rings is 1. The quantitative estimate of drug-likeness (QED) is 0.904. The van der Waals surface area contributed by atoms with Gasteiger partial charge in [-0.15, -0.1) is 0 Å². The van der Waals surface area contributed by atoms with Gasteiger partial charge >= 0.3 is 5.97 Å². The number of carbonyl (C=O) groups is 1. The summed E-state index contributed by atoms with van der Waals surface area (Å²) >= 11 is 0. The third-order valence-corrected chi connectivity index (χ3v) is 2.55. The summed E-state index contributed by atoms with van der Waals surface area (Å²) in [5, 5.41) is 9.53. The minimum atomic E-state index is -2.52. The topological polar surface area (TPSA) is 59.4 Å². The van der Waals surface area contributed by atoms with E-state index in [1.54, 1.807) is 18.2 Å². The second-order valence-corrected chi connectivity index (χ2v) is 3.92. The molecule has 0 aliphatic rings. The molecule has 19 heavy (non-hydrogen) atoms. The van der Waals surface area contributed by atoms with Gasteiger partial charge in [-0.25, -0.2) is 13.6 Å². The number of carboxylic acid groups (broad SMARTS) is 1. The Kier molecular flexibility index (Phi) is 4.01. The summed E-state index contributed by atoms with van der Waals surface area (Å²) < 4.78 is 28.7. The largest absolute Gasteiger partial charge is 0.478 e. The van der Waals surface area contributed by atoms with Crippen LogP contribution in [0.25, 0.3) is 10.9 Å².